The van der Waals surface area contributed by atoms with Crippen LogP contribution in [0.4, 0.5) is 5.13 Å². The molecule has 0 radical (unpaired) electrons. The summed E-state index contributed by atoms with van der Waals surface area (Å²) >= 11 is 3.11. The third-order valence-corrected chi connectivity index (χ3v) is 4.35. The number of fused-ring (bicyclic) bond motifs is 1. The Labute approximate surface area is 124 Å². The number of anilines is 1. The van der Waals surface area contributed by atoms with E-state index in [4.69, 9.17) is 9.47 Å². The Morgan fingerprint density at radius 2 is 2.35 bits per heavy atom. The predicted molar refractivity (Wildman–Crippen MR) is 80.0 cm³/mol. The standard InChI is InChI=1S/C13H12N2O3S2/c1-19-8-2-3-9-11(6-8)20-13(14-9)15-12(16)10-7-17-4-5-18-10/h2-3,6-7H,4-5H2,1H3,(H,14,15,16). The highest BCUT2D eigenvalue weighted by Gasteiger charge is 2.16. The van der Waals surface area contributed by atoms with Gasteiger partial charge in [0.05, 0.1) is 10.2 Å². The van der Waals surface area contributed by atoms with Crippen molar-refractivity contribution in [2.24, 2.45) is 0 Å². The van der Waals surface area contributed by atoms with Gasteiger partial charge in [-0.05, 0) is 24.5 Å². The van der Waals surface area contributed by atoms with Gasteiger partial charge < -0.3 is 9.47 Å². The molecule has 7 heteroatoms. The van der Waals surface area contributed by atoms with Crippen molar-refractivity contribution >= 4 is 44.4 Å². The zero-order chi connectivity index (χ0) is 13.9. The molecule has 104 valence electrons. The number of thiazole rings is 1. The normalized spacial score (nSPS) is 14.3. The average Bonchev–Trinajstić information content (AvgIpc) is 2.89. The molecular formula is C13H12N2O3S2. The van der Waals surface area contributed by atoms with E-state index < -0.39 is 0 Å². The number of carbonyl (C=O) groups excluding carboxylic acids is 1. The topological polar surface area (TPSA) is 60.5 Å². The first-order valence-electron chi connectivity index (χ1n) is 5.97. The van der Waals surface area contributed by atoms with Gasteiger partial charge in [-0.3, -0.25) is 10.1 Å². The van der Waals surface area contributed by atoms with Crippen molar-refractivity contribution in [1.29, 1.82) is 0 Å². The zero-order valence-corrected chi connectivity index (χ0v) is 12.3. The lowest BCUT2D eigenvalue weighted by Crippen LogP contribution is -2.20. The van der Waals surface area contributed by atoms with Crippen molar-refractivity contribution in [2.75, 3.05) is 24.8 Å². The van der Waals surface area contributed by atoms with E-state index >= 15 is 0 Å². The maximum atomic E-state index is 11.9. The summed E-state index contributed by atoms with van der Waals surface area (Å²) in [6, 6.07) is 6.03. The van der Waals surface area contributed by atoms with E-state index in [9.17, 15) is 4.79 Å². The Morgan fingerprint density at radius 1 is 1.45 bits per heavy atom. The van der Waals surface area contributed by atoms with Crippen LogP contribution in [0, 0.1) is 0 Å². The second-order valence-electron chi connectivity index (χ2n) is 4.01. The van der Waals surface area contributed by atoms with E-state index in [0.29, 0.717) is 18.3 Å². The van der Waals surface area contributed by atoms with Gasteiger partial charge in [0.25, 0.3) is 5.91 Å². The van der Waals surface area contributed by atoms with Crippen LogP contribution in [0.3, 0.4) is 0 Å². The molecule has 5 nitrogen and oxygen atoms in total. The number of hydrogen-bond acceptors (Lipinski definition) is 6. The lowest BCUT2D eigenvalue weighted by atomic mass is 10.3. The molecule has 1 aliphatic rings. The minimum absolute atomic E-state index is 0.181. The number of benzene rings is 1. The van der Waals surface area contributed by atoms with Crippen LogP contribution in [-0.2, 0) is 14.3 Å². The second kappa shape index (κ2) is 5.72. The second-order valence-corrected chi connectivity index (χ2v) is 5.92. The third kappa shape index (κ3) is 2.73. The molecule has 2 aromatic rings. The molecule has 3 rings (SSSR count). The fourth-order valence-electron chi connectivity index (χ4n) is 1.73. The molecule has 1 aromatic carbocycles. The van der Waals surface area contributed by atoms with Gasteiger partial charge in [-0.15, -0.1) is 11.8 Å². The summed E-state index contributed by atoms with van der Waals surface area (Å²) in [6.07, 6.45) is 3.36. The van der Waals surface area contributed by atoms with Gasteiger partial charge in [0.15, 0.2) is 5.13 Å². The fraction of sp³-hybridized carbons (Fsp3) is 0.231. The van der Waals surface area contributed by atoms with E-state index in [1.54, 1.807) is 11.8 Å². The smallest absolute Gasteiger partial charge is 0.295 e. The van der Waals surface area contributed by atoms with Crippen LogP contribution >= 0.6 is 23.1 Å². The molecule has 1 aliphatic heterocycles. The molecule has 1 aromatic heterocycles. The summed E-state index contributed by atoms with van der Waals surface area (Å²) in [5.74, 6) is -0.158. The number of hydrogen-bond donors (Lipinski definition) is 1. The molecule has 1 amide bonds. The number of aromatic nitrogens is 1. The number of rotatable bonds is 3. The molecule has 1 N–H and O–H groups in total. The summed E-state index contributed by atoms with van der Waals surface area (Å²) in [4.78, 5) is 17.5. The van der Waals surface area contributed by atoms with Crippen LogP contribution in [0.5, 0.6) is 0 Å². The first kappa shape index (κ1) is 13.3. The van der Waals surface area contributed by atoms with Gasteiger partial charge in [0, 0.05) is 4.90 Å². The Bertz CT molecular complexity index is 681. The quantitative estimate of drug-likeness (QED) is 0.884. The number of nitrogens with zero attached hydrogens (tertiary/aromatic N) is 1. The lowest BCUT2D eigenvalue weighted by molar-refractivity contribution is -0.117. The maximum Gasteiger partial charge on any atom is 0.295 e. The fourth-order valence-corrected chi connectivity index (χ4v) is 3.15. The van der Waals surface area contributed by atoms with E-state index in [0.717, 1.165) is 10.2 Å². The number of carbonyl (C=O) groups is 1. The van der Waals surface area contributed by atoms with Crippen molar-refractivity contribution < 1.29 is 14.3 Å². The molecular weight excluding hydrogens is 296 g/mol. The Balaban J connectivity index is 1.80. The molecule has 20 heavy (non-hydrogen) atoms. The van der Waals surface area contributed by atoms with Gasteiger partial charge in [-0.2, -0.15) is 0 Å². The monoisotopic (exact) mass is 308 g/mol. The van der Waals surface area contributed by atoms with E-state index in [2.05, 4.69) is 16.4 Å². The molecule has 2 heterocycles. The largest absolute Gasteiger partial charge is 0.494 e. The summed E-state index contributed by atoms with van der Waals surface area (Å²) in [5, 5.41) is 3.28. The number of amides is 1. The van der Waals surface area contributed by atoms with Crippen LogP contribution in [0.1, 0.15) is 0 Å². The minimum atomic E-state index is -0.339. The average molecular weight is 308 g/mol. The van der Waals surface area contributed by atoms with Crippen LogP contribution < -0.4 is 5.32 Å². The summed E-state index contributed by atoms with van der Waals surface area (Å²) in [7, 11) is 0. The van der Waals surface area contributed by atoms with E-state index in [1.165, 1.54) is 22.5 Å². The minimum Gasteiger partial charge on any atom is -0.494 e. The van der Waals surface area contributed by atoms with Crippen molar-refractivity contribution in [2.45, 2.75) is 4.90 Å². The molecule has 0 atom stereocenters. The summed E-state index contributed by atoms with van der Waals surface area (Å²) in [5.41, 5.74) is 0.873. The van der Waals surface area contributed by atoms with Crippen molar-refractivity contribution in [3.8, 4) is 0 Å². The Hall–Kier alpha value is -1.73. The molecule has 0 fully saturated rings. The van der Waals surface area contributed by atoms with Crippen LogP contribution in [0.2, 0.25) is 0 Å². The molecule has 0 aliphatic carbocycles. The molecule has 0 saturated heterocycles. The van der Waals surface area contributed by atoms with Crippen molar-refractivity contribution in [1.82, 2.24) is 4.98 Å². The van der Waals surface area contributed by atoms with Crippen molar-refractivity contribution in [3.05, 3.63) is 30.2 Å². The van der Waals surface area contributed by atoms with Gasteiger partial charge in [0.1, 0.15) is 19.5 Å². The lowest BCUT2D eigenvalue weighted by Gasteiger charge is -2.13. The number of nitrogens with one attached hydrogen (secondary N) is 1. The molecule has 0 saturated carbocycles. The number of thioether (sulfide) groups is 1. The highest BCUT2D eigenvalue weighted by Crippen LogP contribution is 2.29. The molecule has 0 unspecified atom stereocenters. The van der Waals surface area contributed by atoms with E-state index in [1.807, 2.05) is 18.4 Å². The van der Waals surface area contributed by atoms with Crippen LogP contribution in [0.25, 0.3) is 10.2 Å². The van der Waals surface area contributed by atoms with E-state index in [-0.39, 0.29) is 11.7 Å². The summed E-state index contributed by atoms with van der Waals surface area (Å²) in [6.45, 7) is 0.853. The van der Waals surface area contributed by atoms with Gasteiger partial charge in [-0.1, -0.05) is 11.3 Å². The van der Waals surface area contributed by atoms with Gasteiger partial charge >= 0.3 is 0 Å². The maximum absolute atomic E-state index is 11.9. The highest BCUT2D eigenvalue weighted by atomic mass is 32.2. The first-order valence-corrected chi connectivity index (χ1v) is 8.01. The third-order valence-electron chi connectivity index (χ3n) is 2.69. The van der Waals surface area contributed by atoms with Crippen LogP contribution in [0.15, 0.2) is 35.1 Å². The molecule has 0 spiro atoms. The summed E-state index contributed by atoms with van der Waals surface area (Å²) < 4.78 is 11.3. The number of ether oxygens (including phenoxy) is 2. The highest BCUT2D eigenvalue weighted by molar-refractivity contribution is 7.98. The molecule has 0 bridgehead atoms. The zero-order valence-electron chi connectivity index (χ0n) is 10.7. The van der Waals surface area contributed by atoms with Gasteiger partial charge in [-0.25, -0.2) is 4.98 Å². The SMILES string of the molecule is CSc1ccc2nc(NC(=O)C3=COCCO3)sc2c1. The Morgan fingerprint density at radius 3 is 3.10 bits per heavy atom. The first-order chi connectivity index (χ1) is 9.76. The predicted octanol–water partition coefficient (Wildman–Crippen LogP) is 2.84. The Kier molecular flexibility index (Phi) is 3.79. The van der Waals surface area contributed by atoms with Crippen LogP contribution in [-0.4, -0.2) is 30.4 Å². The van der Waals surface area contributed by atoms with Gasteiger partial charge in [0.2, 0.25) is 5.76 Å². The van der Waals surface area contributed by atoms with Crippen molar-refractivity contribution in [3.63, 3.8) is 0 Å².